The van der Waals surface area contributed by atoms with Gasteiger partial charge in [-0.15, -0.1) is 22.7 Å². The maximum absolute atomic E-state index is 13.0. The van der Waals surface area contributed by atoms with Crippen LogP contribution in [-0.4, -0.2) is 17.4 Å². The number of amides is 1. The predicted molar refractivity (Wildman–Crippen MR) is 99.7 cm³/mol. The summed E-state index contributed by atoms with van der Waals surface area (Å²) in [6, 6.07) is 10.1. The Kier molecular flexibility index (Phi) is 3.83. The van der Waals surface area contributed by atoms with Gasteiger partial charge >= 0.3 is 0 Å². The number of hydrogen-bond donors (Lipinski definition) is 0. The Morgan fingerprint density at radius 2 is 2.22 bits per heavy atom. The number of anilines is 1. The van der Waals surface area contributed by atoms with E-state index in [1.165, 1.54) is 16.9 Å². The number of benzene rings is 1. The van der Waals surface area contributed by atoms with Gasteiger partial charge < -0.3 is 4.90 Å². The zero-order chi connectivity index (χ0) is 16.0. The number of aromatic nitrogens is 1. The van der Waals surface area contributed by atoms with Crippen LogP contribution < -0.4 is 4.90 Å². The molecule has 4 rings (SSSR count). The van der Waals surface area contributed by atoms with Gasteiger partial charge in [-0.05, 0) is 48.6 Å². The largest absolute Gasteiger partial charge is 0.307 e. The minimum Gasteiger partial charge on any atom is -0.307 e. The van der Waals surface area contributed by atoms with Gasteiger partial charge in [-0.3, -0.25) is 4.79 Å². The van der Waals surface area contributed by atoms with Gasteiger partial charge in [0.25, 0.3) is 5.91 Å². The second kappa shape index (κ2) is 5.85. The van der Waals surface area contributed by atoms with Gasteiger partial charge in [-0.25, -0.2) is 4.98 Å². The van der Waals surface area contributed by atoms with E-state index in [2.05, 4.69) is 27.0 Å². The molecule has 0 unspecified atom stereocenters. The van der Waals surface area contributed by atoms with Gasteiger partial charge in [0.1, 0.15) is 9.88 Å². The molecule has 1 aliphatic rings. The fraction of sp³-hybridized carbons (Fsp3) is 0.176. The summed E-state index contributed by atoms with van der Waals surface area (Å²) in [5, 5.41) is 2.96. The Labute approximate surface area is 150 Å². The third-order valence-corrected chi connectivity index (χ3v) is 6.58. The first-order valence-electron chi connectivity index (χ1n) is 7.25. The molecule has 3 aromatic rings. The van der Waals surface area contributed by atoms with Crippen molar-refractivity contribution in [3.05, 3.63) is 56.3 Å². The lowest BCUT2D eigenvalue weighted by Gasteiger charge is -2.16. The molecule has 0 spiro atoms. The first-order chi connectivity index (χ1) is 11.1. The molecule has 2 aromatic heterocycles. The zero-order valence-corrected chi connectivity index (χ0v) is 15.6. The highest BCUT2D eigenvalue weighted by molar-refractivity contribution is 9.10. The van der Waals surface area contributed by atoms with Crippen LogP contribution in [0.5, 0.6) is 0 Å². The molecule has 0 atom stereocenters. The molecule has 0 fully saturated rings. The van der Waals surface area contributed by atoms with Crippen molar-refractivity contribution in [1.82, 2.24) is 4.98 Å². The number of nitrogens with zero attached hydrogens (tertiary/aromatic N) is 2. The van der Waals surface area contributed by atoms with Gasteiger partial charge in [0.2, 0.25) is 0 Å². The Bertz CT molecular complexity index is 886. The topological polar surface area (TPSA) is 33.2 Å². The van der Waals surface area contributed by atoms with E-state index < -0.39 is 0 Å². The SMILES string of the molecule is Cc1nc(-c2cccs2)sc1C(=O)N1CCc2cc(Br)ccc21. The monoisotopic (exact) mass is 404 g/mol. The van der Waals surface area contributed by atoms with E-state index >= 15 is 0 Å². The van der Waals surface area contributed by atoms with Gasteiger partial charge in [0.05, 0.1) is 10.6 Å². The normalized spacial score (nSPS) is 13.4. The summed E-state index contributed by atoms with van der Waals surface area (Å²) in [5.74, 6) is 0.0591. The van der Waals surface area contributed by atoms with E-state index in [4.69, 9.17) is 0 Å². The smallest absolute Gasteiger partial charge is 0.270 e. The van der Waals surface area contributed by atoms with Crippen LogP contribution in [0.15, 0.2) is 40.2 Å². The molecule has 1 aliphatic heterocycles. The molecule has 1 aromatic carbocycles. The number of aryl methyl sites for hydroxylation is 1. The third-order valence-electron chi connectivity index (χ3n) is 3.91. The van der Waals surface area contributed by atoms with Gasteiger partial charge in [0, 0.05) is 16.7 Å². The highest BCUT2D eigenvalue weighted by Gasteiger charge is 2.28. The number of carbonyl (C=O) groups is 1. The van der Waals surface area contributed by atoms with Crippen molar-refractivity contribution in [3.8, 4) is 9.88 Å². The molecule has 6 heteroatoms. The first-order valence-corrected chi connectivity index (χ1v) is 9.74. The molecule has 0 aliphatic carbocycles. The van der Waals surface area contributed by atoms with Crippen LogP contribution in [-0.2, 0) is 6.42 Å². The maximum atomic E-state index is 13.0. The van der Waals surface area contributed by atoms with Crippen LogP contribution in [0.2, 0.25) is 0 Å². The standard InChI is InChI=1S/C17H13BrN2OS2/c1-10-15(23-16(19-10)14-3-2-8-22-14)17(21)20-7-6-11-9-12(18)4-5-13(11)20/h2-5,8-9H,6-7H2,1H3. The van der Waals surface area contributed by atoms with Crippen LogP contribution in [0.4, 0.5) is 5.69 Å². The Hall–Kier alpha value is -1.50. The molecule has 3 heterocycles. The molecule has 3 nitrogen and oxygen atoms in total. The molecule has 1 amide bonds. The summed E-state index contributed by atoms with van der Waals surface area (Å²) in [6.45, 7) is 2.65. The summed E-state index contributed by atoms with van der Waals surface area (Å²) < 4.78 is 1.06. The number of thiophene rings is 1. The van der Waals surface area contributed by atoms with Crippen LogP contribution >= 0.6 is 38.6 Å². The summed E-state index contributed by atoms with van der Waals surface area (Å²) >= 11 is 6.63. The van der Waals surface area contributed by atoms with Gasteiger partial charge in [-0.2, -0.15) is 0 Å². The maximum Gasteiger partial charge on any atom is 0.270 e. The minimum atomic E-state index is 0.0591. The van der Waals surface area contributed by atoms with Crippen molar-refractivity contribution >= 4 is 50.2 Å². The number of hydrogen-bond acceptors (Lipinski definition) is 4. The molecule has 0 saturated carbocycles. The number of halogens is 1. The van der Waals surface area contributed by atoms with E-state index in [1.54, 1.807) is 11.3 Å². The summed E-state index contributed by atoms with van der Waals surface area (Å²) in [6.07, 6.45) is 0.899. The lowest BCUT2D eigenvalue weighted by atomic mass is 10.2. The summed E-state index contributed by atoms with van der Waals surface area (Å²) in [5.41, 5.74) is 3.05. The predicted octanol–water partition coefficient (Wildman–Crippen LogP) is 5.15. The zero-order valence-electron chi connectivity index (χ0n) is 12.4. The van der Waals surface area contributed by atoms with Crippen molar-refractivity contribution in [2.45, 2.75) is 13.3 Å². The first kappa shape index (κ1) is 15.1. The molecule has 116 valence electrons. The molecular weight excluding hydrogens is 392 g/mol. The van der Waals surface area contributed by atoms with E-state index in [9.17, 15) is 4.79 Å². The molecule has 0 radical (unpaired) electrons. The highest BCUT2D eigenvalue weighted by Crippen LogP contribution is 2.35. The van der Waals surface area contributed by atoms with Crippen molar-refractivity contribution in [1.29, 1.82) is 0 Å². The van der Waals surface area contributed by atoms with Crippen LogP contribution in [0.1, 0.15) is 20.9 Å². The Morgan fingerprint density at radius 1 is 1.35 bits per heavy atom. The quantitative estimate of drug-likeness (QED) is 0.591. The van der Waals surface area contributed by atoms with E-state index in [1.807, 2.05) is 41.5 Å². The average Bonchev–Trinajstić information content (AvgIpc) is 3.24. The van der Waals surface area contributed by atoms with Crippen LogP contribution in [0.3, 0.4) is 0 Å². The van der Waals surface area contributed by atoms with E-state index in [-0.39, 0.29) is 5.91 Å². The van der Waals surface area contributed by atoms with E-state index in [0.717, 1.165) is 43.6 Å². The number of fused-ring (bicyclic) bond motifs is 1. The van der Waals surface area contributed by atoms with Crippen molar-refractivity contribution in [2.75, 3.05) is 11.4 Å². The third kappa shape index (κ3) is 2.65. The summed E-state index contributed by atoms with van der Waals surface area (Å²) in [7, 11) is 0. The van der Waals surface area contributed by atoms with E-state index in [0.29, 0.717) is 0 Å². The van der Waals surface area contributed by atoms with Crippen LogP contribution in [0, 0.1) is 6.92 Å². The van der Waals surface area contributed by atoms with Crippen molar-refractivity contribution in [3.63, 3.8) is 0 Å². The second-order valence-corrected chi connectivity index (χ2v) is 8.25. The van der Waals surface area contributed by atoms with Gasteiger partial charge in [0.15, 0.2) is 0 Å². The second-order valence-electron chi connectivity index (χ2n) is 5.39. The lowest BCUT2D eigenvalue weighted by molar-refractivity contribution is 0.0992. The van der Waals surface area contributed by atoms with Crippen molar-refractivity contribution in [2.24, 2.45) is 0 Å². The fourth-order valence-corrected chi connectivity index (χ4v) is 5.02. The number of carbonyl (C=O) groups excluding carboxylic acids is 1. The molecular formula is C17H13BrN2OS2. The van der Waals surface area contributed by atoms with Gasteiger partial charge in [-0.1, -0.05) is 22.0 Å². The molecule has 0 bridgehead atoms. The Balaban J connectivity index is 1.69. The molecule has 23 heavy (non-hydrogen) atoms. The summed E-state index contributed by atoms with van der Waals surface area (Å²) in [4.78, 5) is 21.3. The Morgan fingerprint density at radius 3 is 3.00 bits per heavy atom. The number of rotatable bonds is 2. The highest BCUT2D eigenvalue weighted by atomic mass is 79.9. The van der Waals surface area contributed by atoms with Crippen LogP contribution in [0.25, 0.3) is 9.88 Å². The minimum absolute atomic E-state index is 0.0591. The van der Waals surface area contributed by atoms with Crippen molar-refractivity contribution < 1.29 is 4.79 Å². The molecule has 0 N–H and O–H groups in total. The number of thiazole rings is 1. The lowest BCUT2D eigenvalue weighted by Crippen LogP contribution is -2.28. The average molecular weight is 405 g/mol. The molecule has 0 saturated heterocycles. The fourth-order valence-electron chi connectivity index (χ4n) is 2.80.